The van der Waals surface area contributed by atoms with E-state index in [1.165, 1.54) is 0 Å². The highest BCUT2D eigenvalue weighted by molar-refractivity contribution is 5.84. The average molecular weight is 1260 g/mol. The van der Waals surface area contributed by atoms with Crippen LogP contribution in [0, 0.1) is 0 Å². The molecule has 2 fully saturated rings. The SMILES string of the molecule is O=C(CO)C(O)C(O)C(O)CO.O=C(CO)C(O)C(O)C(O)CO.O=CC(O)C(O)C(O)C(O)CO.O=CC(O)C(O)C(O)CCO.OCC(O)C(O)C(O)C(O)CO.OCC1O[C@H](COC[C@]2(CO)O[C@H](CO)[C@H](O)C2O)C(O)[C@H](O)[C@@H]1O. The van der Waals surface area contributed by atoms with Gasteiger partial charge in [0.2, 0.25) is 0 Å². The first-order valence-electron chi connectivity index (χ1n) is 24.6. The molecule has 40 nitrogen and oxygen atoms in total. The van der Waals surface area contributed by atoms with Crippen molar-refractivity contribution < 1.29 is 202 Å². The topological polar surface area (TPSA) is 764 Å². The summed E-state index contributed by atoms with van der Waals surface area (Å²) >= 11 is 0. The monoisotopic (exact) mass is 1260 g/mol. The summed E-state index contributed by atoms with van der Waals surface area (Å²) in [5.74, 6) is -2.01. The van der Waals surface area contributed by atoms with Crippen LogP contribution in [0.3, 0.4) is 0 Å². The molecule has 0 aromatic carbocycles. The van der Waals surface area contributed by atoms with Gasteiger partial charge in [-0.25, -0.2) is 0 Å². The molecule has 40 heteroatoms. The van der Waals surface area contributed by atoms with Gasteiger partial charge in [0.25, 0.3) is 0 Å². The molecular formula is C44H88O40. The Bertz CT molecular complexity index is 1610. The van der Waals surface area contributed by atoms with Gasteiger partial charge in [0.05, 0.1) is 72.2 Å². The molecule has 2 aliphatic rings. The molecule has 84 heavy (non-hydrogen) atoms. The second-order valence-electron chi connectivity index (χ2n) is 18.0. The number of carbonyl (C=O) groups excluding carboxylic acids is 4. The maximum absolute atomic E-state index is 10.5. The molecule has 33 N–H and O–H groups in total. The van der Waals surface area contributed by atoms with Crippen LogP contribution in [0.25, 0.3) is 0 Å². The Morgan fingerprint density at radius 1 is 0.429 bits per heavy atom. The smallest absolute Gasteiger partial charge is 0.189 e. The molecule has 2 aliphatic heterocycles. The summed E-state index contributed by atoms with van der Waals surface area (Å²) in [7, 11) is 0. The van der Waals surface area contributed by atoms with Gasteiger partial charge in [0.1, 0.15) is 165 Å². The number of Topliss-reactive ketones (excluding diaryl/α,β-unsaturated/α-hetero) is 2. The van der Waals surface area contributed by atoms with Gasteiger partial charge in [0, 0.05) is 6.61 Å². The van der Waals surface area contributed by atoms with Gasteiger partial charge >= 0.3 is 0 Å². The molecule has 2 rings (SSSR count). The molecule has 0 saturated carbocycles. The second-order valence-corrected chi connectivity index (χ2v) is 18.0. The van der Waals surface area contributed by atoms with Crippen molar-refractivity contribution in [1.29, 1.82) is 0 Å². The van der Waals surface area contributed by atoms with Gasteiger partial charge in [-0.3, -0.25) is 9.59 Å². The Hall–Kier alpha value is -2.76. The maximum atomic E-state index is 10.5. The van der Waals surface area contributed by atoms with E-state index in [-0.39, 0.29) is 32.2 Å². The molecule has 0 aliphatic carbocycles. The summed E-state index contributed by atoms with van der Waals surface area (Å²) in [4.78, 5) is 40.8. The number of carbonyl (C=O) groups is 4. The lowest BCUT2D eigenvalue weighted by molar-refractivity contribution is -0.244. The van der Waals surface area contributed by atoms with Gasteiger partial charge in [0.15, 0.2) is 24.1 Å². The number of rotatable bonds is 32. The Kier molecular flexibility index (Phi) is 49.3. The fourth-order valence-electron chi connectivity index (χ4n) is 6.17. The van der Waals surface area contributed by atoms with Crippen LogP contribution < -0.4 is 0 Å². The van der Waals surface area contributed by atoms with Gasteiger partial charge < -0.3 is 192 Å². The zero-order valence-electron chi connectivity index (χ0n) is 44.6. The molecule has 26 atom stereocenters. The predicted octanol–water partition coefficient (Wildman–Crippen LogP) is -21.4. The molecular weight excluding hydrogens is 1170 g/mol. The van der Waals surface area contributed by atoms with Crippen molar-refractivity contribution >= 4 is 24.1 Å². The van der Waals surface area contributed by atoms with Gasteiger partial charge in [-0.1, -0.05) is 0 Å². The fraction of sp³-hybridized carbons (Fsp3) is 0.909. The highest BCUT2D eigenvalue weighted by Crippen LogP contribution is 2.32. The second kappa shape index (κ2) is 47.3. The maximum Gasteiger partial charge on any atom is 0.189 e. The normalized spacial score (nSPS) is 28.1. The Labute approximate surface area is 476 Å². The minimum atomic E-state index is -1.86. The summed E-state index contributed by atoms with van der Waals surface area (Å²) in [6.45, 7) is -8.43. The minimum Gasteiger partial charge on any atom is -0.396 e. The number of ether oxygens (including phenoxy) is 3. The molecule has 20 unspecified atom stereocenters. The molecule has 0 amide bonds. The standard InChI is InChI=1S/C14H26O11.C6H14O6.3C6H12O6.C6H12O5/c15-1-6-9(18)12(21)10(19)8(24-6)3-23-5-14(4-17)13(22)11(20)7(2-16)25-14;4*7-1-3(9)5(11)6(12)4(10)2-8;7-2-1-4(9)6(11)5(10)3-8/h6-13,15-22H,1-5H2;3-12H,1-2H2;2*3,5-9,11-12H,1-2H2;1,3-6,8-12H,2H2;3-7,9-11H,1-2H2/t6?,7-,8-,9-,10?,11+,12-,13?,14+;;;;;/m1...../s1. The van der Waals surface area contributed by atoms with Crippen LogP contribution in [0.4, 0.5) is 0 Å². The quantitative estimate of drug-likeness (QED) is 0.0278. The minimum absolute atomic E-state index is 0.0258. The van der Waals surface area contributed by atoms with Gasteiger partial charge in [-0.2, -0.15) is 0 Å². The number of hydrogen-bond donors (Lipinski definition) is 33. The lowest BCUT2D eigenvalue weighted by Crippen LogP contribution is -2.60. The predicted molar refractivity (Wildman–Crippen MR) is 264 cm³/mol. The molecule has 2 heterocycles. The third-order valence-electron chi connectivity index (χ3n) is 11.7. The zero-order chi connectivity index (χ0) is 66.5. The van der Waals surface area contributed by atoms with E-state index >= 15 is 0 Å². The number of hydrogen-bond acceptors (Lipinski definition) is 40. The lowest BCUT2D eigenvalue weighted by Gasteiger charge is -2.40. The Morgan fingerprint density at radius 2 is 0.774 bits per heavy atom. The molecule has 504 valence electrons. The van der Waals surface area contributed by atoms with Crippen molar-refractivity contribution in [3.8, 4) is 0 Å². The number of aliphatic hydroxyl groups excluding tert-OH is 33. The van der Waals surface area contributed by atoms with Crippen LogP contribution in [-0.4, -0.2) is 437 Å². The average Bonchev–Trinajstić information content (AvgIpc) is 3.68. The Balaban J connectivity index is -0.000000476. The van der Waals surface area contributed by atoms with E-state index in [1.54, 1.807) is 0 Å². The van der Waals surface area contributed by atoms with Crippen molar-refractivity contribution in [3.05, 3.63) is 0 Å². The van der Waals surface area contributed by atoms with Crippen molar-refractivity contribution in [2.45, 2.75) is 165 Å². The Morgan fingerprint density at radius 3 is 1.08 bits per heavy atom. The van der Waals surface area contributed by atoms with E-state index in [2.05, 4.69) is 0 Å². The summed E-state index contributed by atoms with van der Waals surface area (Å²) in [6.07, 6.45) is -38.6. The number of ketones is 2. The van der Waals surface area contributed by atoms with Crippen molar-refractivity contribution in [3.63, 3.8) is 0 Å². The van der Waals surface area contributed by atoms with Crippen molar-refractivity contribution in [2.24, 2.45) is 0 Å². The largest absolute Gasteiger partial charge is 0.396 e. The highest BCUT2D eigenvalue weighted by atomic mass is 16.6. The first kappa shape index (κ1) is 87.7. The van der Waals surface area contributed by atoms with Crippen LogP contribution in [0.1, 0.15) is 6.42 Å². The zero-order valence-corrected chi connectivity index (χ0v) is 44.6. The van der Waals surface area contributed by atoms with Crippen LogP contribution in [0.5, 0.6) is 0 Å². The van der Waals surface area contributed by atoms with Crippen molar-refractivity contribution in [2.75, 3.05) is 85.9 Å². The fourth-order valence-corrected chi connectivity index (χ4v) is 6.17. The van der Waals surface area contributed by atoms with Gasteiger partial charge in [-0.05, 0) is 6.42 Å². The summed E-state index contributed by atoms with van der Waals surface area (Å²) in [5, 5.41) is 293. The van der Waals surface area contributed by atoms with E-state index in [0.29, 0.717) is 0 Å². The number of aliphatic hydroxyl groups is 33. The lowest BCUT2D eigenvalue weighted by atomic mass is 9.95. The molecule has 0 aromatic rings. The number of aldehydes is 2. The third-order valence-corrected chi connectivity index (χ3v) is 11.7. The van der Waals surface area contributed by atoms with E-state index in [9.17, 15) is 49.8 Å². The van der Waals surface area contributed by atoms with E-state index in [0.717, 1.165) is 0 Å². The molecule has 0 spiro atoms. The third kappa shape index (κ3) is 30.0. The van der Waals surface area contributed by atoms with E-state index < -0.39 is 242 Å². The first-order valence-corrected chi connectivity index (χ1v) is 24.6. The van der Waals surface area contributed by atoms with E-state index in [4.69, 9.17) is 152 Å². The highest BCUT2D eigenvalue weighted by Gasteiger charge is 2.54. The molecule has 2 saturated heterocycles. The van der Waals surface area contributed by atoms with E-state index in [1.807, 2.05) is 0 Å². The van der Waals surface area contributed by atoms with Crippen LogP contribution in [-0.2, 0) is 33.4 Å². The summed E-state index contributed by atoms with van der Waals surface area (Å²) < 4.78 is 15.9. The van der Waals surface area contributed by atoms with Crippen molar-refractivity contribution in [1.82, 2.24) is 0 Å². The summed E-state index contributed by atoms with van der Waals surface area (Å²) in [5.41, 5.74) is -1.67. The van der Waals surface area contributed by atoms with Crippen LogP contribution >= 0.6 is 0 Å². The molecule has 0 bridgehead atoms. The first-order chi connectivity index (χ1) is 39.1. The van der Waals surface area contributed by atoms with Crippen LogP contribution in [0.2, 0.25) is 0 Å². The van der Waals surface area contributed by atoms with Crippen LogP contribution in [0.15, 0.2) is 0 Å². The van der Waals surface area contributed by atoms with Gasteiger partial charge in [-0.15, -0.1) is 0 Å². The molecule has 0 radical (unpaired) electrons. The molecule has 0 aromatic heterocycles. The summed E-state index contributed by atoms with van der Waals surface area (Å²) in [6, 6.07) is 0.